The molecule has 0 N–H and O–H groups in total. The Hall–Kier alpha value is -0.760. The number of halogens is 2. The second-order valence-electron chi connectivity index (χ2n) is 3.95. The van der Waals surface area contributed by atoms with Gasteiger partial charge in [0.1, 0.15) is 10.0 Å². The van der Waals surface area contributed by atoms with Crippen LogP contribution in [0.2, 0.25) is 0 Å². The van der Waals surface area contributed by atoms with E-state index in [0.717, 1.165) is 15.1 Å². The highest BCUT2D eigenvalue weighted by Crippen LogP contribution is 2.28. The number of benzene rings is 1. The Labute approximate surface area is 123 Å². The highest BCUT2D eigenvalue weighted by molar-refractivity contribution is 9.11. The van der Waals surface area contributed by atoms with Crippen molar-refractivity contribution in [2.24, 2.45) is 0 Å². The van der Waals surface area contributed by atoms with Crippen molar-refractivity contribution in [3.8, 4) is 0 Å². The van der Waals surface area contributed by atoms with Gasteiger partial charge < -0.3 is 0 Å². The van der Waals surface area contributed by atoms with E-state index in [0.29, 0.717) is 5.56 Å². The summed E-state index contributed by atoms with van der Waals surface area (Å²) in [6.45, 7) is 0.135. The third-order valence-electron chi connectivity index (χ3n) is 2.51. The zero-order valence-electron chi connectivity index (χ0n) is 10.0. The summed E-state index contributed by atoms with van der Waals surface area (Å²) >= 11 is 4.39. The van der Waals surface area contributed by atoms with Gasteiger partial charge in [0.25, 0.3) is 10.0 Å². The third kappa shape index (κ3) is 3.42. The van der Waals surface area contributed by atoms with Crippen molar-refractivity contribution in [3.05, 3.63) is 51.6 Å². The minimum Gasteiger partial charge on any atom is -0.207 e. The molecule has 2 rings (SSSR count). The minimum absolute atomic E-state index is 0.135. The van der Waals surface area contributed by atoms with Crippen LogP contribution in [-0.2, 0) is 16.6 Å². The first-order chi connectivity index (χ1) is 8.89. The van der Waals surface area contributed by atoms with E-state index in [9.17, 15) is 12.8 Å². The monoisotopic (exact) mass is 363 g/mol. The van der Waals surface area contributed by atoms with Crippen molar-refractivity contribution in [3.63, 3.8) is 0 Å². The standard InChI is InChI=1S/C12H11BrFNO2S2/c1-15(8-9-3-2-4-10(14)7-9)19(16,17)12-6-5-11(13)18-12/h2-7H,8H2,1H3. The molecule has 0 unspecified atom stereocenters. The molecule has 0 fully saturated rings. The van der Waals surface area contributed by atoms with Crippen molar-refractivity contribution in [2.45, 2.75) is 10.8 Å². The molecule has 0 atom stereocenters. The minimum atomic E-state index is -3.53. The van der Waals surface area contributed by atoms with Crippen molar-refractivity contribution < 1.29 is 12.8 Å². The quantitative estimate of drug-likeness (QED) is 0.833. The lowest BCUT2D eigenvalue weighted by Gasteiger charge is -2.16. The Balaban J connectivity index is 2.22. The Kier molecular flexibility index (Phi) is 4.39. The summed E-state index contributed by atoms with van der Waals surface area (Å²) in [6.07, 6.45) is 0. The highest BCUT2D eigenvalue weighted by Gasteiger charge is 2.22. The van der Waals surface area contributed by atoms with Gasteiger partial charge >= 0.3 is 0 Å². The summed E-state index contributed by atoms with van der Waals surface area (Å²) in [6, 6.07) is 9.15. The topological polar surface area (TPSA) is 37.4 Å². The summed E-state index contributed by atoms with van der Waals surface area (Å²) in [5, 5.41) is 0. The van der Waals surface area contributed by atoms with Crippen LogP contribution in [0.25, 0.3) is 0 Å². The fraction of sp³-hybridized carbons (Fsp3) is 0.167. The third-order valence-corrected chi connectivity index (χ3v) is 6.40. The highest BCUT2D eigenvalue weighted by atomic mass is 79.9. The van der Waals surface area contributed by atoms with Gasteiger partial charge in [0.15, 0.2) is 0 Å². The van der Waals surface area contributed by atoms with Crippen LogP contribution in [0.5, 0.6) is 0 Å². The summed E-state index contributed by atoms with van der Waals surface area (Å²) < 4.78 is 39.8. The second kappa shape index (κ2) is 5.70. The second-order valence-corrected chi connectivity index (χ2v) is 8.68. The molecule has 0 radical (unpaired) electrons. The van der Waals surface area contributed by atoms with Gasteiger partial charge in [0, 0.05) is 13.6 Å². The summed E-state index contributed by atoms with van der Waals surface area (Å²) in [7, 11) is -2.05. The molecule has 0 bridgehead atoms. The molecule has 1 heterocycles. The molecule has 3 nitrogen and oxygen atoms in total. The predicted octanol–water partition coefficient (Wildman–Crippen LogP) is 3.47. The maximum Gasteiger partial charge on any atom is 0.252 e. The Bertz CT molecular complexity index is 685. The fourth-order valence-corrected chi connectivity index (χ4v) is 4.95. The van der Waals surface area contributed by atoms with E-state index in [2.05, 4.69) is 15.9 Å². The van der Waals surface area contributed by atoms with Gasteiger partial charge in [0.05, 0.1) is 3.79 Å². The van der Waals surface area contributed by atoms with Gasteiger partial charge in [-0.25, -0.2) is 12.8 Å². The molecular formula is C12H11BrFNO2S2. The molecule has 0 aliphatic carbocycles. The first-order valence-corrected chi connectivity index (χ1v) is 8.40. The maximum absolute atomic E-state index is 13.1. The number of hydrogen-bond donors (Lipinski definition) is 0. The number of rotatable bonds is 4. The Morgan fingerprint density at radius 3 is 2.63 bits per heavy atom. The SMILES string of the molecule is CN(Cc1cccc(F)c1)S(=O)(=O)c1ccc(Br)s1. The van der Waals surface area contributed by atoms with E-state index in [4.69, 9.17) is 0 Å². The predicted molar refractivity (Wildman–Crippen MR) is 77.1 cm³/mol. The van der Waals surface area contributed by atoms with Gasteiger partial charge in [-0.3, -0.25) is 0 Å². The molecule has 0 spiro atoms. The largest absolute Gasteiger partial charge is 0.252 e. The molecule has 0 aliphatic heterocycles. The Morgan fingerprint density at radius 1 is 1.32 bits per heavy atom. The number of thiophene rings is 1. The molecule has 0 saturated heterocycles. The molecule has 0 saturated carbocycles. The normalized spacial score (nSPS) is 12.0. The first-order valence-electron chi connectivity index (χ1n) is 5.36. The van der Waals surface area contributed by atoms with E-state index in [1.807, 2.05) is 0 Å². The van der Waals surface area contributed by atoms with Gasteiger partial charge in [0.2, 0.25) is 0 Å². The van der Waals surface area contributed by atoms with Crippen molar-refractivity contribution in [2.75, 3.05) is 7.05 Å². The lowest BCUT2D eigenvalue weighted by atomic mass is 10.2. The van der Waals surface area contributed by atoms with Crippen LogP contribution < -0.4 is 0 Å². The zero-order valence-corrected chi connectivity index (χ0v) is 13.2. The molecule has 2 aromatic rings. The van der Waals surface area contributed by atoms with Crippen LogP contribution in [0, 0.1) is 5.82 Å². The van der Waals surface area contributed by atoms with Crippen LogP contribution in [0.4, 0.5) is 4.39 Å². The van der Waals surface area contributed by atoms with E-state index in [1.54, 1.807) is 24.3 Å². The van der Waals surface area contributed by atoms with Crippen LogP contribution >= 0.6 is 27.3 Å². The van der Waals surface area contributed by atoms with E-state index in [1.165, 1.54) is 23.5 Å². The molecular weight excluding hydrogens is 353 g/mol. The van der Waals surface area contributed by atoms with Crippen molar-refractivity contribution in [1.29, 1.82) is 0 Å². The Morgan fingerprint density at radius 2 is 2.05 bits per heavy atom. The molecule has 19 heavy (non-hydrogen) atoms. The lowest BCUT2D eigenvalue weighted by molar-refractivity contribution is 0.467. The fourth-order valence-electron chi connectivity index (χ4n) is 1.57. The van der Waals surface area contributed by atoms with Crippen molar-refractivity contribution in [1.82, 2.24) is 4.31 Å². The van der Waals surface area contributed by atoms with Gasteiger partial charge in [-0.1, -0.05) is 12.1 Å². The molecule has 7 heteroatoms. The molecule has 1 aromatic carbocycles. The maximum atomic E-state index is 13.1. The van der Waals surface area contributed by atoms with E-state index < -0.39 is 10.0 Å². The average molecular weight is 364 g/mol. The number of hydrogen-bond acceptors (Lipinski definition) is 3. The van der Waals surface area contributed by atoms with Crippen molar-refractivity contribution >= 4 is 37.3 Å². The van der Waals surface area contributed by atoms with Crippen LogP contribution in [0.3, 0.4) is 0 Å². The van der Waals surface area contributed by atoms with Crippen LogP contribution in [0.1, 0.15) is 5.56 Å². The lowest BCUT2D eigenvalue weighted by Crippen LogP contribution is -2.25. The van der Waals surface area contributed by atoms with Crippen LogP contribution in [0.15, 0.2) is 44.4 Å². The summed E-state index contributed by atoms with van der Waals surface area (Å²) in [4.78, 5) is 0. The first kappa shape index (κ1) is 14.6. The summed E-state index contributed by atoms with van der Waals surface area (Å²) in [5.74, 6) is -0.373. The van der Waals surface area contributed by atoms with E-state index >= 15 is 0 Å². The van der Waals surface area contributed by atoms with E-state index in [-0.39, 0.29) is 16.6 Å². The smallest absolute Gasteiger partial charge is 0.207 e. The zero-order chi connectivity index (χ0) is 14.0. The molecule has 102 valence electrons. The average Bonchev–Trinajstić information content (AvgIpc) is 2.76. The van der Waals surface area contributed by atoms with Crippen LogP contribution in [-0.4, -0.2) is 19.8 Å². The molecule has 0 aliphatic rings. The number of sulfonamides is 1. The summed E-state index contributed by atoms with van der Waals surface area (Å²) in [5.41, 5.74) is 0.613. The molecule has 1 aromatic heterocycles. The van der Waals surface area contributed by atoms with Gasteiger partial charge in [-0.2, -0.15) is 4.31 Å². The number of nitrogens with zero attached hydrogens (tertiary/aromatic N) is 1. The van der Waals surface area contributed by atoms with Gasteiger partial charge in [-0.15, -0.1) is 11.3 Å². The molecule has 0 amide bonds. The van der Waals surface area contributed by atoms with Gasteiger partial charge in [-0.05, 0) is 45.8 Å².